The maximum absolute atomic E-state index is 11.2. The van der Waals surface area contributed by atoms with Crippen LogP contribution in [-0.4, -0.2) is 35.3 Å². The van der Waals surface area contributed by atoms with E-state index in [2.05, 4.69) is 15.3 Å². The lowest BCUT2D eigenvalue weighted by molar-refractivity contribution is 0.0705. The van der Waals surface area contributed by atoms with E-state index in [0.717, 1.165) is 5.56 Å². The van der Waals surface area contributed by atoms with Crippen LogP contribution in [-0.2, 0) is 6.54 Å². The molecule has 0 aliphatic heterocycles. The fraction of sp³-hybridized carbons (Fsp3) is 0.214. The number of benzene rings is 1. The Bertz CT molecular complexity index is 624. The third-order valence-electron chi connectivity index (χ3n) is 2.97. The number of carbonyl (C=O) groups is 1. The number of aromatic nitrogens is 2. The van der Waals surface area contributed by atoms with Crippen molar-refractivity contribution in [2.75, 3.05) is 19.5 Å². The lowest BCUT2D eigenvalue weighted by Gasteiger charge is -2.13. The highest BCUT2D eigenvalue weighted by molar-refractivity contribution is 5.92. The third-order valence-corrected chi connectivity index (χ3v) is 2.97. The van der Waals surface area contributed by atoms with Gasteiger partial charge in [0.1, 0.15) is 11.5 Å². The van der Waals surface area contributed by atoms with Crippen LogP contribution in [0, 0.1) is 0 Å². The number of nitrogens with zero attached hydrogens (tertiary/aromatic N) is 2. The molecular formula is C14H16N4O4. The molecule has 0 atom stereocenters. The average Bonchev–Trinajstić information content (AvgIpc) is 2.59. The minimum Gasteiger partial charge on any atom is -0.496 e. The molecule has 116 valence electrons. The maximum Gasteiger partial charge on any atom is 0.277 e. The van der Waals surface area contributed by atoms with Crippen LogP contribution in [0.5, 0.6) is 11.5 Å². The van der Waals surface area contributed by atoms with Gasteiger partial charge in [-0.15, -0.1) is 0 Å². The van der Waals surface area contributed by atoms with Gasteiger partial charge in [0.15, 0.2) is 0 Å². The number of carbonyl (C=O) groups excluding carboxylic acids is 1. The summed E-state index contributed by atoms with van der Waals surface area (Å²) in [6.45, 7) is 0.388. The van der Waals surface area contributed by atoms with Crippen molar-refractivity contribution < 1.29 is 19.5 Å². The molecule has 0 unspecified atom stereocenters. The minimum atomic E-state index is -0.669. The number of anilines is 1. The molecule has 0 saturated carbocycles. The van der Waals surface area contributed by atoms with Gasteiger partial charge in [-0.2, -0.15) is 0 Å². The summed E-state index contributed by atoms with van der Waals surface area (Å²) in [5.41, 5.74) is 2.50. The standard InChI is InChI=1S/C14H16N4O4/c1-21-11-4-3-5-12(22-2)10(11)8-17-14-15-6-9(7-16-14)13(19)18-20/h3-7,20H,8H2,1-2H3,(H,18,19)(H,15,16,17). The molecule has 0 aliphatic rings. The van der Waals surface area contributed by atoms with Crippen LogP contribution >= 0.6 is 0 Å². The number of ether oxygens (including phenoxy) is 2. The van der Waals surface area contributed by atoms with E-state index in [1.54, 1.807) is 14.2 Å². The molecule has 1 aromatic heterocycles. The summed E-state index contributed by atoms with van der Waals surface area (Å²) < 4.78 is 10.6. The van der Waals surface area contributed by atoms with E-state index >= 15 is 0 Å². The van der Waals surface area contributed by atoms with E-state index in [4.69, 9.17) is 14.7 Å². The molecule has 0 fully saturated rings. The zero-order valence-corrected chi connectivity index (χ0v) is 12.2. The first-order valence-electron chi connectivity index (χ1n) is 6.39. The summed E-state index contributed by atoms with van der Waals surface area (Å²) in [4.78, 5) is 19.2. The van der Waals surface area contributed by atoms with Crippen LogP contribution < -0.4 is 20.3 Å². The molecule has 22 heavy (non-hydrogen) atoms. The topological polar surface area (TPSA) is 106 Å². The van der Waals surface area contributed by atoms with Crippen molar-refractivity contribution in [3.63, 3.8) is 0 Å². The highest BCUT2D eigenvalue weighted by Gasteiger charge is 2.10. The van der Waals surface area contributed by atoms with Gasteiger partial charge in [0, 0.05) is 12.4 Å². The SMILES string of the molecule is COc1cccc(OC)c1CNc1ncc(C(=O)NO)cn1. The number of hydrogen-bond acceptors (Lipinski definition) is 7. The fourth-order valence-electron chi connectivity index (χ4n) is 1.87. The van der Waals surface area contributed by atoms with Gasteiger partial charge in [-0.25, -0.2) is 15.4 Å². The largest absolute Gasteiger partial charge is 0.496 e. The van der Waals surface area contributed by atoms with E-state index in [-0.39, 0.29) is 5.56 Å². The number of rotatable bonds is 6. The molecule has 3 N–H and O–H groups in total. The van der Waals surface area contributed by atoms with Crippen LogP contribution in [0.4, 0.5) is 5.95 Å². The van der Waals surface area contributed by atoms with Gasteiger partial charge in [-0.1, -0.05) is 6.07 Å². The second-order valence-corrected chi connectivity index (χ2v) is 4.23. The number of methoxy groups -OCH3 is 2. The Morgan fingerprint density at radius 1 is 1.18 bits per heavy atom. The number of hydrogen-bond donors (Lipinski definition) is 3. The van der Waals surface area contributed by atoms with E-state index in [0.29, 0.717) is 24.0 Å². The molecular weight excluding hydrogens is 288 g/mol. The second-order valence-electron chi connectivity index (χ2n) is 4.23. The summed E-state index contributed by atoms with van der Waals surface area (Å²) in [6, 6.07) is 5.49. The number of nitrogens with one attached hydrogen (secondary N) is 2. The fourth-order valence-corrected chi connectivity index (χ4v) is 1.87. The molecule has 0 aliphatic carbocycles. The Morgan fingerprint density at radius 2 is 1.77 bits per heavy atom. The molecule has 2 rings (SSSR count). The van der Waals surface area contributed by atoms with Crippen molar-refractivity contribution >= 4 is 11.9 Å². The van der Waals surface area contributed by atoms with Gasteiger partial charge in [-0.05, 0) is 12.1 Å². The zero-order valence-electron chi connectivity index (χ0n) is 12.2. The number of amides is 1. The van der Waals surface area contributed by atoms with Crippen LogP contribution in [0.15, 0.2) is 30.6 Å². The molecule has 8 nitrogen and oxygen atoms in total. The lowest BCUT2D eigenvalue weighted by Crippen LogP contribution is -2.19. The number of hydroxylamine groups is 1. The first-order chi connectivity index (χ1) is 10.7. The molecule has 0 spiro atoms. The van der Waals surface area contributed by atoms with Gasteiger partial charge in [-0.3, -0.25) is 10.0 Å². The molecule has 1 heterocycles. The summed E-state index contributed by atoms with van der Waals surface area (Å²) in [6.07, 6.45) is 2.61. The molecule has 2 aromatic rings. The van der Waals surface area contributed by atoms with Crippen LogP contribution in [0.25, 0.3) is 0 Å². The first-order valence-corrected chi connectivity index (χ1v) is 6.39. The Hall–Kier alpha value is -2.87. The third kappa shape index (κ3) is 3.41. The summed E-state index contributed by atoms with van der Waals surface area (Å²) >= 11 is 0. The maximum atomic E-state index is 11.2. The molecule has 8 heteroatoms. The predicted molar refractivity (Wildman–Crippen MR) is 78.2 cm³/mol. The highest BCUT2D eigenvalue weighted by Crippen LogP contribution is 2.28. The molecule has 0 radical (unpaired) electrons. The van der Waals surface area contributed by atoms with E-state index in [9.17, 15) is 4.79 Å². The van der Waals surface area contributed by atoms with Gasteiger partial charge in [0.05, 0.1) is 31.9 Å². The van der Waals surface area contributed by atoms with Crippen LogP contribution in [0.1, 0.15) is 15.9 Å². The van der Waals surface area contributed by atoms with Crippen molar-refractivity contribution in [1.29, 1.82) is 0 Å². The van der Waals surface area contributed by atoms with Gasteiger partial charge in [0.2, 0.25) is 5.95 Å². The quantitative estimate of drug-likeness (QED) is 0.544. The van der Waals surface area contributed by atoms with Crippen molar-refractivity contribution in [2.24, 2.45) is 0 Å². The second kappa shape index (κ2) is 7.23. The Kier molecular flexibility index (Phi) is 5.10. The smallest absolute Gasteiger partial charge is 0.277 e. The molecule has 1 amide bonds. The van der Waals surface area contributed by atoms with Crippen LogP contribution in [0.3, 0.4) is 0 Å². The highest BCUT2D eigenvalue weighted by atomic mass is 16.5. The van der Waals surface area contributed by atoms with Crippen molar-refractivity contribution in [3.8, 4) is 11.5 Å². The van der Waals surface area contributed by atoms with E-state index in [1.165, 1.54) is 17.9 Å². The first kappa shape index (κ1) is 15.5. The molecule has 0 bridgehead atoms. The molecule has 1 aromatic carbocycles. The zero-order chi connectivity index (χ0) is 15.9. The Balaban J connectivity index is 2.11. The van der Waals surface area contributed by atoms with E-state index < -0.39 is 5.91 Å². The Labute approximate surface area is 127 Å². The normalized spacial score (nSPS) is 9.95. The average molecular weight is 304 g/mol. The lowest BCUT2D eigenvalue weighted by atomic mass is 10.1. The van der Waals surface area contributed by atoms with Crippen molar-refractivity contribution in [2.45, 2.75) is 6.54 Å². The van der Waals surface area contributed by atoms with E-state index in [1.807, 2.05) is 18.2 Å². The van der Waals surface area contributed by atoms with Crippen molar-refractivity contribution in [1.82, 2.24) is 15.4 Å². The van der Waals surface area contributed by atoms with Gasteiger partial charge in [0.25, 0.3) is 5.91 Å². The summed E-state index contributed by atoms with van der Waals surface area (Å²) in [5.74, 6) is 1.03. The monoisotopic (exact) mass is 304 g/mol. The van der Waals surface area contributed by atoms with Crippen molar-refractivity contribution in [3.05, 3.63) is 41.7 Å². The predicted octanol–water partition coefficient (Wildman–Crippen LogP) is 1.22. The van der Waals surface area contributed by atoms with Gasteiger partial charge >= 0.3 is 0 Å². The minimum absolute atomic E-state index is 0.155. The summed E-state index contributed by atoms with van der Waals surface area (Å²) in [5, 5.41) is 11.5. The summed E-state index contributed by atoms with van der Waals surface area (Å²) in [7, 11) is 3.16. The molecule has 0 saturated heterocycles. The Morgan fingerprint density at radius 3 is 2.27 bits per heavy atom. The van der Waals surface area contributed by atoms with Crippen LogP contribution in [0.2, 0.25) is 0 Å². The van der Waals surface area contributed by atoms with Gasteiger partial charge < -0.3 is 14.8 Å².